The maximum Gasteiger partial charge on any atom is 0.151 e. The van der Waals surface area contributed by atoms with Gasteiger partial charge in [-0.2, -0.15) is 0 Å². The summed E-state index contributed by atoms with van der Waals surface area (Å²) in [4.78, 5) is 4.03. The van der Waals surface area contributed by atoms with Crippen LogP contribution in [0.15, 0.2) is 4.99 Å². The Kier molecular flexibility index (Phi) is 3.30. The van der Waals surface area contributed by atoms with Crippen molar-refractivity contribution in [2.45, 2.75) is 19.8 Å². The lowest BCUT2D eigenvalue weighted by atomic mass is 10.4. The molecule has 1 rings (SSSR count). The molecule has 2 N–H and O–H groups in total. The topological polar surface area (TPSA) is 72.5 Å². The monoisotopic (exact) mass is 204 g/mol. The van der Waals surface area contributed by atoms with Gasteiger partial charge < -0.3 is 5.73 Å². The Labute approximate surface area is 79.1 Å². The first-order valence-electron chi connectivity index (χ1n) is 4.55. The van der Waals surface area contributed by atoms with E-state index in [9.17, 15) is 8.42 Å². The smallest absolute Gasteiger partial charge is 0.151 e. The van der Waals surface area contributed by atoms with E-state index in [-0.39, 0.29) is 11.5 Å². The maximum absolute atomic E-state index is 11.1. The van der Waals surface area contributed by atoms with E-state index in [0.717, 1.165) is 12.8 Å². The molecule has 0 heterocycles. The summed E-state index contributed by atoms with van der Waals surface area (Å²) in [5.74, 6) is 1.37. The Balaban J connectivity index is 2.30. The Hall–Kier alpha value is -0.580. The van der Waals surface area contributed by atoms with Gasteiger partial charge in [0, 0.05) is 11.7 Å². The molecule has 5 heteroatoms. The third-order valence-corrected chi connectivity index (χ3v) is 3.82. The fourth-order valence-corrected chi connectivity index (χ4v) is 1.62. The van der Waals surface area contributed by atoms with Crippen molar-refractivity contribution >= 4 is 15.7 Å². The van der Waals surface area contributed by atoms with Gasteiger partial charge in [-0.3, -0.25) is 4.99 Å². The highest BCUT2D eigenvalue weighted by Gasteiger charge is 2.25. The molecular weight excluding hydrogens is 188 g/mol. The molecule has 0 unspecified atom stereocenters. The molecule has 13 heavy (non-hydrogen) atoms. The first kappa shape index (κ1) is 10.5. The number of sulfone groups is 1. The number of hydrogen-bond donors (Lipinski definition) is 1. The van der Waals surface area contributed by atoms with E-state index in [1.54, 1.807) is 6.92 Å². The summed E-state index contributed by atoms with van der Waals surface area (Å²) in [6, 6.07) is 0. The van der Waals surface area contributed by atoms with E-state index in [1.807, 2.05) is 0 Å². The summed E-state index contributed by atoms with van der Waals surface area (Å²) in [5, 5.41) is 0. The quantitative estimate of drug-likeness (QED) is 0.513. The summed E-state index contributed by atoms with van der Waals surface area (Å²) >= 11 is 0. The fourth-order valence-electron chi connectivity index (χ4n) is 0.966. The van der Waals surface area contributed by atoms with Crippen molar-refractivity contribution in [1.29, 1.82) is 0 Å². The summed E-state index contributed by atoms with van der Waals surface area (Å²) < 4.78 is 22.1. The molecule has 0 atom stereocenters. The minimum atomic E-state index is -2.88. The first-order valence-corrected chi connectivity index (χ1v) is 6.37. The largest absolute Gasteiger partial charge is 0.387 e. The molecule has 0 aliphatic heterocycles. The Morgan fingerprint density at radius 1 is 1.54 bits per heavy atom. The van der Waals surface area contributed by atoms with Gasteiger partial charge in [-0.1, -0.05) is 6.92 Å². The van der Waals surface area contributed by atoms with Crippen molar-refractivity contribution in [3.05, 3.63) is 0 Å². The van der Waals surface area contributed by atoms with Gasteiger partial charge in [-0.15, -0.1) is 0 Å². The molecule has 1 aliphatic carbocycles. The standard InChI is InChI=1S/C8H16N2O2S/c1-2-13(11,12)6-5-10-8(9)7-3-4-7/h7H,2-6H2,1H3,(H2,9,10). The molecule has 0 amide bonds. The summed E-state index contributed by atoms with van der Waals surface area (Å²) in [6.45, 7) is 1.96. The molecule has 0 aromatic carbocycles. The zero-order valence-electron chi connectivity index (χ0n) is 7.86. The van der Waals surface area contributed by atoms with Gasteiger partial charge in [0.15, 0.2) is 9.84 Å². The molecule has 0 bridgehead atoms. The van der Waals surface area contributed by atoms with Crippen LogP contribution >= 0.6 is 0 Å². The number of amidine groups is 1. The van der Waals surface area contributed by atoms with E-state index in [1.165, 1.54) is 0 Å². The van der Waals surface area contributed by atoms with Crippen LogP contribution in [-0.4, -0.2) is 32.3 Å². The van der Waals surface area contributed by atoms with Crippen molar-refractivity contribution < 1.29 is 8.42 Å². The van der Waals surface area contributed by atoms with Crippen LogP contribution in [0.2, 0.25) is 0 Å². The lowest BCUT2D eigenvalue weighted by Crippen LogP contribution is -2.17. The maximum atomic E-state index is 11.1. The van der Waals surface area contributed by atoms with Crippen LogP contribution in [0.1, 0.15) is 19.8 Å². The number of nitrogens with zero attached hydrogens (tertiary/aromatic N) is 1. The minimum Gasteiger partial charge on any atom is -0.387 e. The van der Waals surface area contributed by atoms with Crippen LogP contribution < -0.4 is 5.73 Å². The second-order valence-corrected chi connectivity index (χ2v) is 5.79. The minimum absolute atomic E-state index is 0.122. The highest BCUT2D eigenvalue weighted by atomic mass is 32.2. The van der Waals surface area contributed by atoms with Gasteiger partial charge in [0.05, 0.1) is 18.1 Å². The molecule has 0 radical (unpaired) electrons. The van der Waals surface area contributed by atoms with Crippen LogP contribution in [0.3, 0.4) is 0 Å². The Morgan fingerprint density at radius 2 is 2.15 bits per heavy atom. The van der Waals surface area contributed by atoms with Crippen LogP contribution in [0, 0.1) is 5.92 Å². The average Bonchev–Trinajstić information content (AvgIpc) is 2.86. The average molecular weight is 204 g/mol. The van der Waals surface area contributed by atoms with Gasteiger partial charge in [-0.05, 0) is 12.8 Å². The predicted molar refractivity (Wildman–Crippen MR) is 53.5 cm³/mol. The summed E-state index contributed by atoms with van der Waals surface area (Å²) in [7, 11) is -2.88. The van der Waals surface area contributed by atoms with Crippen molar-refractivity contribution in [3.63, 3.8) is 0 Å². The van der Waals surface area contributed by atoms with Crippen molar-refractivity contribution in [3.8, 4) is 0 Å². The SMILES string of the molecule is CCS(=O)(=O)CCN=C(N)C1CC1. The number of nitrogens with two attached hydrogens (primary N) is 1. The second kappa shape index (κ2) is 4.09. The third kappa shape index (κ3) is 3.76. The molecule has 4 nitrogen and oxygen atoms in total. The molecule has 0 saturated heterocycles. The molecule has 1 saturated carbocycles. The zero-order valence-corrected chi connectivity index (χ0v) is 8.68. The van der Waals surface area contributed by atoms with Crippen molar-refractivity contribution in [1.82, 2.24) is 0 Å². The summed E-state index contributed by atoms with van der Waals surface area (Å²) in [6.07, 6.45) is 2.21. The van der Waals surface area contributed by atoms with E-state index < -0.39 is 9.84 Å². The Morgan fingerprint density at radius 3 is 2.62 bits per heavy atom. The number of aliphatic imine (C=N–C) groups is 1. The molecule has 1 fully saturated rings. The van der Waals surface area contributed by atoms with Crippen LogP contribution in [0.4, 0.5) is 0 Å². The van der Waals surface area contributed by atoms with Crippen LogP contribution in [-0.2, 0) is 9.84 Å². The first-order chi connectivity index (χ1) is 6.05. The number of rotatable bonds is 5. The highest BCUT2D eigenvalue weighted by Crippen LogP contribution is 2.28. The van der Waals surface area contributed by atoms with Gasteiger partial charge in [-0.25, -0.2) is 8.42 Å². The third-order valence-electron chi connectivity index (χ3n) is 2.13. The molecule has 0 aromatic rings. The van der Waals surface area contributed by atoms with E-state index in [0.29, 0.717) is 18.3 Å². The lowest BCUT2D eigenvalue weighted by molar-refractivity contribution is 0.597. The molecule has 0 aromatic heterocycles. The zero-order chi connectivity index (χ0) is 9.90. The van der Waals surface area contributed by atoms with Gasteiger partial charge >= 0.3 is 0 Å². The van der Waals surface area contributed by atoms with E-state index in [2.05, 4.69) is 4.99 Å². The fraction of sp³-hybridized carbons (Fsp3) is 0.875. The van der Waals surface area contributed by atoms with Gasteiger partial charge in [0.25, 0.3) is 0 Å². The predicted octanol–water partition coefficient (Wildman–Crippen LogP) is 0.188. The van der Waals surface area contributed by atoms with Crippen molar-refractivity contribution in [2.24, 2.45) is 16.6 Å². The molecule has 76 valence electrons. The van der Waals surface area contributed by atoms with Crippen LogP contribution in [0.25, 0.3) is 0 Å². The van der Waals surface area contributed by atoms with E-state index >= 15 is 0 Å². The van der Waals surface area contributed by atoms with Crippen LogP contribution in [0.5, 0.6) is 0 Å². The number of hydrogen-bond acceptors (Lipinski definition) is 3. The highest BCUT2D eigenvalue weighted by molar-refractivity contribution is 7.91. The van der Waals surface area contributed by atoms with Crippen molar-refractivity contribution in [2.75, 3.05) is 18.1 Å². The molecular formula is C8H16N2O2S. The second-order valence-electron chi connectivity index (χ2n) is 3.32. The van der Waals surface area contributed by atoms with E-state index in [4.69, 9.17) is 5.73 Å². The lowest BCUT2D eigenvalue weighted by Gasteiger charge is -1.99. The normalized spacial score (nSPS) is 19.0. The van der Waals surface area contributed by atoms with Gasteiger partial charge in [0.2, 0.25) is 0 Å². The molecule has 1 aliphatic rings. The Bertz CT molecular complexity index is 291. The molecule has 0 spiro atoms. The van der Waals surface area contributed by atoms with Gasteiger partial charge in [0.1, 0.15) is 0 Å². The summed E-state index contributed by atoms with van der Waals surface area (Å²) in [5.41, 5.74) is 5.60.